The fourth-order valence-electron chi connectivity index (χ4n) is 4.71. The van der Waals surface area contributed by atoms with Gasteiger partial charge in [-0.1, -0.05) is 90.1 Å². The summed E-state index contributed by atoms with van der Waals surface area (Å²) in [6, 6.07) is 15.4. The first-order valence-electron chi connectivity index (χ1n) is 12.8. The van der Waals surface area contributed by atoms with Crippen molar-refractivity contribution in [3.8, 4) is 5.75 Å². The third-order valence-electron chi connectivity index (χ3n) is 6.37. The number of rotatable bonds is 13. The van der Waals surface area contributed by atoms with Crippen LogP contribution in [0.4, 0.5) is 0 Å². The van der Waals surface area contributed by atoms with Crippen LogP contribution < -0.4 is 4.74 Å². The number of ketones is 1. The van der Waals surface area contributed by atoms with Gasteiger partial charge in [-0.05, 0) is 36.6 Å². The predicted octanol–water partition coefficient (Wildman–Crippen LogP) is 7.19. The van der Waals surface area contributed by atoms with Gasteiger partial charge in [-0.3, -0.25) is 4.79 Å². The van der Waals surface area contributed by atoms with Crippen LogP contribution in [0.3, 0.4) is 0 Å². The summed E-state index contributed by atoms with van der Waals surface area (Å²) in [4.78, 5) is 25.0. The number of aromatic nitrogens is 1. The van der Waals surface area contributed by atoms with E-state index in [1.807, 2.05) is 55.7 Å². The Morgan fingerprint density at radius 2 is 1.57 bits per heavy atom. The van der Waals surface area contributed by atoms with E-state index >= 15 is 0 Å². The van der Waals surface area contributed by atoms with Crippen molar-refractivity contribution < 1.29 is 19.4 Å². The molecule has 1 heterocycles. The highest BCUT2D eigenvalue weighted by atomic mass is 16.5. The maximum Gasteiger partial charge on any atom is 0.338 e. The standard InChI is InChI=1S/C30H39NO4/c1-5-6-7-8-9-10-13-22-16-18-24(19-17-22)35-21-23(32)20-31-26-15-12-11-14-25(26)27(29(33)34)28(31)30(2,3)4/h11-12,14-19H,5-10,13,20-21H2,1-4H3,(H,33,34). The van der Waals surface area contributed by atoms with Crippen LogP contribution in [0.5, 0.6) is 5.75 Å². The number of nitrogens with zero attached hydrogens (tertiary/aromatic N) is 1. The molecule has 0 amide bonds. The van der Waals surface area contributed by atoms with E-state index in [0.29, 0.717) is 16.8 Å². The third kappa shape index (κ3) is 6.97. The van der Waals surface area contributed by atoms with Gasteiger partial charge >= 0.3 is 5.97 Å². The van der Waals surface area contributed by atoms with Gasteiger partial charge in [0.15, 0.2) is 5.78 Å². The van der Waals surface area contributed by atoms with Crippen LogP contribution in [0.25, 0.3) is 10.9 Å². The van der Waals surface area contributed by atoms with Gasteiger partial charge in [0.25, 0.3) is 0 Å². The third-order valence-corrected chi connectivity index (χ3v) is 6.37. The van der Waals surface area contributed by atoms with Crippen LogP contribution in [-0.2, 0) is 23.2 Å². The summed E-state index contributed by atoms with van der Waals surface area (Å²) in [6.45, 7) is 8.15. The Morgan fingerprint density at radius 3 is 2.23 bits per heavy atom. The summed E-state index contributed by atoms with van der Waals surface area (Å²) >= 11 is 0. The molecule has 0 unspecified atom stereocenters. The first kappa shape index (κ1) is 26.5. The van der Waals surface area contributed by atoms with Gasteiger partial charge in [-0.2, -0.15) is 0 Å². The molecule has 0 fully saturated rings. The van der Waals surface area contributed by atoms with Crippen molar-refractivity contribution in [3.05, 3.63) is 65.4 Å². The van der Waals surface area contributed by atoms with Gasteiger partial charge in [-0.25, -0.2) is 4.79 Å². The number of carbonyl (C=O) groups excluding carboxylic acids is 1. The minimum atomic E-state index is -0.977. The second-order valence-electron chi connectivity index (χ2n) is 10.4. The lowest BCUT2D eigenvalue weighted by Gasteiger charge is -2.23. The smallest absolute Gasteiger partial charge is 0.338 e. The molecule has 188 valence electrons. The van der Waals surface area contributed by atoms with Crippen LogP contribution >= 0.6 is 0 Å². The zero-order chi connectivity index (χ0) is 25.4. The lowest BCUT2D eigenvalue weighted by molar-refractivity contribution is -0.121. The van der Waals surface area contributed by atoms with E-state index in [0.717, 1.165) is 11.9 Å². The van der Waals surface area contributed by atoms with Crippen LogP contribution in [-0.4, -0.2) is 28.0 Å². The summed E-state index contributed by atoms with van der Waals surface area (Å²) < 4.78 is 7.62. The maximum absolute atomic E-state index is 12.9. The highest BCUT2D eigenvalue weighted by molar-refractivity contribution is 6.06. The first-order valence-corrected chi connectivity index (χ1v) is 12.8. The molecule has 2 aromatic carbocycles. The van der Waals surface area contributed by atoms with Gasteiger partial charge in [0.1, 0.15) is 12.4 Å². The molecule has 1 aromatic heterocycles. The van der Waals surface area contributed by atoms with Crippen LogP contribution in [0, 0.1) is 0 Å². The number of ether oxygens (including phenoxy) is 1. The molecule has 1 N–H and O–H groups in total. The molecule has 0 radical (unpaired) electrons. The normalized spacial score (nSPS) is 11.7. The highest BCUT2D eigenvalue weighted by Gasteiger charge is 2.30. The molecule has 0 aliphatic rings. The van der Waals surface area contributed by atoms with Crippen molar-refractivity contribution in [3.63, 3.8) is 0 Å². The highest BCUT2D eigenvalue weighted by Crippen LogP contribution is 2.34. The molecule has 3 aromatic rings. The van der Waals surface area contributed by atoms with Crippen molar-refractivity contribution in [2.45, 2.75) is 84.6 Å². The predicted molar refractivity (Wildman–Crippen MR) is 142 cm³/mol. The number of aromatic carboxylic acids is 1. The molecule has 0 saturated heterocycles. The first-order chi connectivity index (χ1) is 16.7. The molecular formula is C30H39NO4. The lowest BCUT2D eigenvalue weighted by Crippen LogP contribution is -2.25. The number of benzene rings is 2. The molecular weight excluding hydrogens is 438 g/mol. The molecule has 35 heavy (non-hydrogen) atoms. The largest absolute Gasteiger partial charge is 0.486 e. The van der Waals surface area contributed by atoms with Crippen LogP contribution in [0.2, 0.25) is 0 Å². The molecule has 5 heteroatoms. The fraction of sp³-hybridized carbons (Fsp3) is 0.467. The lowest BCUT2D eigenvalue weighted by atomic mass is 9.88. The minimum absolute atomic E-state index is 0.0602. The Balaban J connectivity index is 1.63. The minimum Gasteiger partial charge on any atom is -0.486 e. The Kier molecular flexibility index (Phi) is 9.13. The average molecular weight is 478 g/mol. The number of Topliss-reactive ketones (excluding diaryl/α,β-unsaturated/α-hetero) is 1. The number of hydrogen-bond acceptors (Lipinski definition) is 3. The van der Waals surface area contributed by atoms with E-state index in [-0.39, 0.29) is 24.5 Å². The number of para-hydroxylation sites is 1. The van der Waals surface area contributed by atoms with Crippen molar-refractivity contribution in [1.82, 2.24) is 4.57 Å². The molecule has 0 aliphatic heterocycles. The van der Waals surface area contributed by atoms with E-state index in [9.17, 15) is 14.7 Å². The van der Waals surface area contributed by atoms with E-state index in [1.54, 1.807) is 6.07 Å². The number of carbonyl (C=O) groups is 2. The zero-order valence-electron chi connectivity index (χ0n) is 21.6. The molecule has 0 saturated carbocycles. The summed E-state index contributed by atoms with van der Waals surface area (Å²) in [5, 5.41) is 10.6. The van der Waals surface area contributed by atoms with Gasteiger partial charge in [-0.15, -0.1) is 0 Å². The molecule has 5 nitrogen and oxygen atoms in total. The molecule has 0 bridgehead atoms. The van der Waals surface area contributed by atoms with E-state index in [1.165, 1.54) is 44.1 Å². The molecule has 3 rings (SSSR count). The van der Waals surface area contributed by atoms with Crippen LogP contribution in [0.15, 0.2) is 48.5 Å². The summed E-state index contributed by atoms with van der Waals surface area (Å²) in [7, 11) is 0. The SMILES string of the molecule is CCCCCCCCc1ccc(OCC(=O)Cn2c(C(C)(C)C)c(C(=O)O)c3ccccc32)cc1. The molecule has 0 spiro atoms. The fourth-order valence-corrected chi connectivity index (χ4v) is 4.71. The van der Waals surface area contributed by atoms with Crippen molar-refractivity contribution in [2.75, 3.05) is 6.61 Å². The van der Waals surface area contributed by atoms with Crippen molar-refractivity contribution in [1.29, 1.82) is 0 Å². The van der Waals surface area contributed by atoms with Crippen molar-refractivity contribution in [2.24, 2.45) is 0 Å². The second-order valence-corrected chi connectivity index (χ2v) is 10.4. The average Bonchev–Trinajstić information content (AvgIpc) is 3.16. The number of unbranched alkanes of at least 4 members (excludes halogenated alkanes) is 5. The van der Waals surface area contributed by atoms with Gasteiger partial charge < -0.3 is 14.4 Å². The number of carboxylic acid groups (broad SMARTS) is 1. The van der Waals surface area contributed by atoms with Gasteiger partial charge in [0.05, 0.1) is 12.1 Å². The zero-order valence-corrected chi connectivity index (χ0v) is 21.6. The van der Waals surface area contributed by atoms with Crippen LogP contribution in [0.1, 0.15) is 87.8 Å². The van der Waals surface area contributed by atoms with E-state index in [4.69, 9.17) is 4.74 Å². The quantitative estimate of drug-likeness (QED) is 0.265. The number of hydrogen-bond donors (Lipinski definition) is 1. The van der Waals surface area contributed by atoms with Crippen molar-refractivity contribution >= 4 is 22.7 Å². The monoisotopic (exact) mass is 477 g/mol. The maximum atomic E-state index is 12.9. The Bertz CT molecular complexity index is 1140. The number of carboxylic acids is 1. The molecule has 0 atom stereocenters. The number of aryl methyl sites for hydroxylation is 1. The van der Waals surface area contributed by atoms with Gasteiger partial charge in [0.2, 0.25) is 0 Å². The van der Waals surface area contributed by atoms with Gasteiger partial charge in [0, 0.05) is 22.0 Å². The Labute approximate surface area is 209 Å². The number of fused-ring (bicyclic) bond motifs is 1. The Hall–Kier alpha value is -3.08. The second kappa shape index (κ2) is 12.1. The topological polar surface area (TPSA) is 68.5 Å². The summed E-state index contributed by atoms with van der Waals surface area (Å²) in [5.41, 5.74) is 2.51. The summed E-state index contributed by atoms with van der Waals surface area (Å²) in [6.07, 6.45) is 8.75. The molecule has 0 aliphatic carbocycles. The van der Waals surface area contributed by atoms with E-state index < -0.39 is 11.4 Å². The van der Waals surface area contributed by atoms with E-state index in [2.05, 4.69) is 19.1 Å². The summed E-state index contributed by atoms with van der Waals surface area (Å²) in [5.74, 6) is -0.413. The Morgan fingerprint density at radius 1 is 0.914 bits per heavy atom.